The minimum Gasteiger partial charge on any atom is -0.503 e. The maximum Gasteiger partial charge on any atom is 0.306 e. The van der Waals surface area contributed by atoms with Crippen LogP contribution in [0.4, 0.5) is 0 Å². The van der Waals surface area contributed by atoms with Gasteiger partial charge in [-0.05, 0) is 18.2 Å². The summed E-state index contributed by atoms with van der Waals surface area (Å²) < 4.78 is 25.0. The van der Waals surface area contributed by atoms with Crippen LogP contribution in [0.5, 0.6) is 5.75 Å². The summed E-state index contributed by atoms with van der Waals surface area (Å²) in [6, 6.07) is 8.80. The van der Waals surface area contributed by atoms with Gasteiger partial charge in [-0.1, -0.05) is 32.0 Å². The van der Waals surface area contributed by atoms with Crippen LogP contribution in [-0.4, -0.2) is 17.5 Å². The summed E-state index contributed by atoms with van der Waals surface area (Å²) in [5.41, 5.74) is 4.52. The molecule has 1 aromatic carbocycles. The molecule has 0 bridgehead atoms. The second-order valence-electron chi connectivity index (χ2n) is 3.81. The van der Waals surface area contributed by atoms with Crippen molar-refractivity contribution in [2.24, 2.45) is 5.73 Å². The molecule has 6 nitrogen and oxygen atoms in total. The summed E-state index contributed by atoms with van der Waals surface area (Å²) in [5.74, 6) is -0.649. The van der Waals surface area contributed by atoms with Crippen LogP contribution in [0.25, 0.3) is 0 Å². The van der Waals surface area contributed by atoms with E-state index in [-0.39, 0.29) is 17.0 Å². The number of pyridine rings is 1. The Morgan fingerprint density at radius 2 is 1.71 bits per heavy atom. The molecule has 1 heterocycles. The lowest BCUT2D eigenvalue weighted by Gasteiger charge is -2.09. The number of benzene rings is 1. The quantitative estimate of drug-likeness (QED) is 0.889. The first-order chi connectivity index (χ1) is 9.98. The highest BCUT2D eigenvalue weighted by atomic mass is 32.2. The summed E-state index contributed by atoms with van der Waals surface area (Å²) in [6.45, 7) is 3.95. The molecule has 0 unspecified atom stereocenters. The first-order valence-corrected chi connectivity index (χ1v) is 7.86. The third-order valence-corrected chi connectivity index (χ3v) is 4.31. The first kappa shape index (κ1) is 16.9. The Bertz CT molecular complexity index is 752. The molecule has 0 radical (unpaired) electrons. The standard InChI is InChI=1S/C12H12N2O4S.C2H6/c13-8-9-6-7-14(12(16)11(9)15)19(17,18)10-4-2-1-3-5-10;1-2/h1-7,15H,8,13H2;1-2H3. The maximum atomic E-state index is 12.2. The summed E-state index contributed by atoms with van der Waals surface area (Å²) in [7, 11) is -4.01. The van der Waals surface area contributed by atoms with E-state index >= 15 is 0 Å². The molecule has 0 aliphatic rings. The lowest BCUT2D eigenvalue weighted by atomic mass is 10.2. The van der Waals surface area contributed by atoms with Gasteiger partial charge in [0.25, 0.3) is 10.0 Å². The van der Waals surface area contributed by atoms with Crippen molar-refractivity contribution in [3.8, 4) is 5.75 Å². The smallest absolute Gasteiger partial charge is 0.306 e. The predicted octanol–water partition coefficient (Wildman–Crippen LogP) is 1.28. The normalized spacial score (nSPS) is 10.6. The van der Waals surface area contributed by atoms with Crippen LogP contribution in [0, 0.1) is 0 Å². The number of nitrogens with zero attached hydrogens (tertiary/aromatic N) is 1. The van der Waals surface area contributed by atoms with Crippen LogP contribution < -0.4 is 11.3 Å². The molecule has 0 aliphatic carbocycles. The monoisotopic (exact) mass is 310 g/mol. The number of aromatic hydroxyl groups is 1. The van der Waals surface area contributed by atoms with Crippen molar-refractivity contribution in [1.82, 2.24) is 3.97 Å². The molecular formula is C14H18N2O4S. The van der Waals surface area contributed by atoms with Gasteiger partial charge in [0.2, 0.25) is 0 Å². The Morgan fingerprint density at radius 1 is 1.14 bits per heavy atom. The Kier molecular flexibility index (Phi) is 5.69. The van der Waals surface area contributed by atoms with Gasteiger partial charge in [-0.3, -0.25) is 4.79 Å². The molecule has 0 fully saturated rings. The molecule has 21 heavy (non-hydrogen) atoms. The van der Waals surface area contributed by atoms with Crippen molar-refractivity contribution in [3.63, 3.8) is 0 Å². The number of aromatic nitrogens is 1. The Hall–Kier alpha value is -2.12. The maximum absolute atomic E-state index is 12.2. The molecule has 7 heteroatoms. The SMILES string of the molecule is CC.NCc1ccn(S(=O)(=O)c2ccccc2)c(=O)c1O. The highest BCUT2D eigenvalue weighted by molar-refractivity contribution is 7.90. The van der Waals surface area contributed by atoms with Crippen molar-refractivity contribution >= 4 is 10.0 Å². The fraction of sp³-hybridized carbons (Fsp3) is 0.214. The average Bonchev–Trinajstić information content (AvgIpc) is 2.52. The van der Waals surface area contributed by atoms with E-state index in [4.69, 9.17) is 5.73 Å². The van der Waals surface area contributed by atoms with E-state index in [1.807, 2.05) is 13.8 Å². The third kappa shape index (κ3) is 3.32. The molecule has 0 aliphatic heterocycles. The minimum atomic E-state index is -4.01. The van der Waals surface area contributed by atoms with Crippen molar-refractivity contribution in [2.45, 2.75) is 25.3 Å². The van der Waals surface area contributed by atoms with Crippen molar-refractivity contribution in [2.75, 3.05) is 0 Å². The molecule has 2 aromatic rings. The Balaban J connectivity index is 0.00000106. The largest absolute Gasteiger partial charge is 0.503 e. The predicted molar refractivity (Wildman–Crippen MR) is 80.6 cm³/mol. The van der Waals surface area contributed by atoms with Crippen LogP contribution in [0.2, 0.25) is 0 Å². The number of rotatable bonds is 3. The summed E-state index contributed by atoms with van der Waals surface area (Å²) in [6.07, 6.45) is 1.09. The number of nitrogens with two attached hydrogens (primary N) is 1. The number of hydrogen-bond donors (Lipinski definition) is 2. The van der Waals surface area contributed by atoms with E-state index in [2.05, 4.69) is 0 Å². The molecule has 0 saturated heterocycles. The molecular weight excluding hydrogens is 292 g/mol. The van der Waals surface area contributed by atoms with Gasteiger partial charge in [-0.15, -0.1) is 0 Å². The van der Waals surface area contributed by atoms with Crippen LogP contribution in [0.3, 0.4) is 0 Å². The zero-order chi connectivity index (χ0) is 16.0. The van der Waals surface area contributed by atoms with Gasteiger partial charge < -0.3 is 10.8 Å². The van der Waals surface area contributed by atoms with Crippen molar-refractivity contribution in [1.29, 1.82) is 0 Å². The van der Waals surface area contributed by atoms with Gasteiger partial charge in [0.15, 0.2) is 5.75 Å². The highest BCUT2D eigenvalue weighted by Gasteiger charge is 2.20. The molecule has 0 spiro atoms. The van der Waals surface area contributed by atoms with Crippen LogP contribution >= 0.6 is 0 Å². The van der Waals surface area contributed by atoms with Gasteiger partial charge in [-0.2, -0.15) is 0 Å². The second kappa shape index (κ2) is 7.05. The third-order valence-electron chi connectivity index (χ3n) is 2.64. The van der Waals surface area contributed by atoms with Crippen molar-refractivity contribution in [3.05, 3.63) is 58.5 Å². The zero-order valence-electron chi connectivity index (χ0n) is 11.9. The highest BCUT2D eigenvalue weighted by Crippen LogP contribution is 2.15. The van der Waals surface area contributed by atoms with E-state index in [1.54, 1.807) is 18.2 Å². The number of hydrogen-bond acceptors (Lipinski definition) is 5. The molecule has 0 saturated carbocycles. The molecule has 0 amide bonds. The van der Waals surface area contributed by atoms with E-state index in [0.29, 0.717) is 3.97 Å². The van der Waals surface area contributed by atoms with E-state index in [0.717, 1.165) is 6.20 Å². The van der Waals surface area contributed by atoms with Crippen LogP contribution in [0.15, 0.2) is 52.3 Å². The molecule has 0 atom stereocenters. The van der Waals surface area contributed by atoms with Crippen LogP contribution in [0.1, 0.15) is 19.4 Å². The molecule has 114 valence electrons. The molecule has 1 aromatic heterocycles. The summed E-state index contributed by atoms with van der Waals surface area (Å²) in [5, 5.41) is 9.61. The average molecular weight is 310 g/mol. The fourth-order valence-electron chi connectivity index (χ4n) is 1.61. The van der Waals surface area contributed by atoms with E-state index in [1.165, 1.54) is 18.2 Å². The molecule has 3 N–H and O–H groups in total. The van der Waals surface area contributed by atoms with Gasteiger partial charge in [0, 0.05) is 18.3 Å². The minimum absolute atomic E-state index is 0.0306. The summed E-state index contributed by atoms with van der Waals surface area (Å²) in [4.78, 5) is 11.8. The van der Waals surface area contributed by atoms with E-state index in [9.17, 15) is 18.3 Å². The first-order valence-electron chi connectivity index (χ1n) is 6.42. The Morgan fingerprint density at radius 3 is 2.24 bits per heavy atom. The zero-order valence-corrected chi connectivity index (χ0v) is 12.7. The van der Waals surface area contributed by atoms with Gasteiger partial charge in [0.05, 0.1) is 4.90 Å². The van der Waals surface area contributed by atoms with E-state index < -0.39 is 21.3 Å². The lowest BCUT2D eigenvalue weighted by Crippen LogP contribution is -2.27. The lowest BCUT2D eigenvalue weighted by molar-refractivity contribution is 0.456. The van der Waals surface area contributed by atoms with Crippen LogP contribution in [-0.2, 0) is 16.6 Å². The summed E-state index contributed by atoms with van der Waals surface area (Å²) >= 11 is 0. The van der Waals surface area contributed by atoms with Gasteiger partial charge in [-0.25, -0.2) is 12.4 Å². The second-order valence-corrected chi connectivity index (χ2v) is 5.63. The topological polar surface area (TPSA) is 102 Å². The Labute approximate surface area is 123 Å². The van der Waals surface area contributed by atoms with Gasteiger partial charge >= 0.3 is 5.56 Å². The fourth-order valence-corrected chi connectivity index (χ4v) is 2.86. The molecule has 2 rings (SSSR count). The van der Waals surface area contributed by atoms with Crippen molar-refractivity contribution < 1.29 is 13.5 Å². The van der Waals surface area contributed by atoms with Gasteiger partial charge in [0.1, 0.15) is 0 Å².